The van der Waals surface area contributed by atoms with Gasteiger partial charge in [0.15, 0.2) is 0 Å². The fourth-order valence-electron chi connectivity index (χ4n) is 1.27. The molecule has 44 heavy (non-hydrogen) atoms. The molecule has 8 nitrogen and oxygen atoms in total. The van der Waals surface area contributed by atoms with Gasteiger partial charge >= 0.3 is 12.2 Å². The number of amides is 2. The molecule has 0 spiro atoms. The Morgan fingerprint density at radius 3 is 0.591 bits per heavy atom. The molecule has 2 aromatic rings. The zero-order valence-electron chi connectivity index (χ0n) is 32.1. The zero-order valence-corrected chi connectivity index (χ0v) is 32.1. The fourth-order valence-corrected chi connectivity index (χ4v) is 1.27. The molecule has 0 saturated heterocycles. The lowest BCUT2D eigenvalue weighted by atomic mass is 10.4. The average Bonchev–Trinajstić information content (AvgIpc) is 3.11. The van der Waals surface area contributed by atoms with Crippen molar-refractivity contribution < 1.29 is 28.5 Å². The first-order valence-corrected chi connectivity index (χ1v) is 15.9. The van der Waals surface area contributed by atoms with Crippen LogP contribution in [-0.2, 0) is 18.9 Å². The number of nitrogens with zero attached hydrogens (tertiary/aromatic N) is 2. The van der Waals surface area contributed by atoms with Gasteiger partial charge in [-0.15, -0.1) is 0 Å². The Balaban J connectivity index is -0.0000000570. The Kier molecular flexibility index (Phi) is 98.8. The number of methoxy groups -OCH3 is 2. The second kappa shape index (κ2) is 72.3. The van der Waals surface area contributed by atoms with Crippen molar-refractivity contribution >= 4 is 12.2 Å². The molecular weight excluding hydrogens is 556 g/mol. The molecule has 2 amide bonds. The monoisotopic (exact) mass is 631 g/mol. The van der Waals surface area contributed by atoms with Gasteiger partial charge in [0.25, 0.3) is 0 Å². The molecule has 0 heterocycles. The van der Waals surface area contributed by atoms with Crippen LogP contribution in [0.25, 0.3) is 0 Å². The van der Waals surface area contributed by atoms with Crippen molar-refractivity contribution in [3.8, 4) is 0 Å². The third-order valence-electron chi connectivity index (χ3n) is 3.18. The molecule has 2 aromatic carbocycles. The maximum atomic E-state index is 10.4. The molecule has 264 valence electrons. The number of benzene rings is 2. The highest BCUT2D eigenvalue weighted by Crippen LogP contribution is 1.83. The van der Waals surface area contributed by atoms with Crippen LogP contribution in [0.2, 0.25) is 0 Å². The van der Waals surface area contributed by atoms with E-state index in [1.54, 1.807) is 56.3 Å². The summed E-state index contributed by atoms with van der Waals surface area (Å²) in [6.07, 6.45) is -0.569. The normalized spacial score (nSPS) is 7.14. The molecule has 0 aliphatic heterocycles. The summed E-state index contributed by atoms with van der Waals surface area (Å²) >= 11 is 0. The highest BCUT2D eigenvalue weighted by molar-refractivity contribution is 5.66. The second-order valence-corrected chi connectivity index (χ2v) is 6.65. The van der Waals surface area contributed by atoms with Gasteiger partial charge in [-0.2, -0.15) is 0 Å². The van der Waals surface area contributed by atoms with Crippen molar-refractivity contribution in [2.75, 3.05) is 68.8 Å². The molecule has 0 aromatic heterocycles. The Hall–Kier alpha value is -3.10. The van der Waals surface area contributed by atoms with Gasteiger partial charge < -0.3 is 28.7 Å². The predicted octanol–water partition coefficient (Wildman–Crippen LogP) is 10.2. The van der Waals surface area contributed by atoms with E-state index < -0.39 is 0 Å². The van der Waals surface area contributed by atoms with Crippen LogP contribution in [0.15, 0.2) is 72.8 Å². The van der Waals surface area contributed by atoms with Gasteiger partial charge in [0.05, 0.1) is 13.2 Å². The minimum Gasteiger partial charge on any atom is -0.450 e. The molecule has 0 saturated carbocycles. The lowest BCUT2D eigenvalue weighted by Crippen LogP contribution is -2.22. The van der Waals surface area contributed by atoms with E-state index in [1.807, 2.05) is 142 Å². The highest BCUT2D eigenvalue weighted by atomic mass is 16.6. The Bertz CT molecular complexity index is 529. The van der Waals surface area contributed by atoms with Crippen molar-refractivity contribution in [2.24, 2.45) is 0 Å². The summed E-state index contributed by atoms with van der Waals surface area (Å²) in [5.41, 5.74) is 0. The number of ether oxygens (including phenoxy) is 4. The van der Waals surface area contributed by atoms with Crippen molar-refractivity contribution in [1.82, 2.24) is 9.80 Å². The van der Waals surface area contributed by atoms with E-state index in [9.17, 15) is 9.59 Å². The minimum absolute atomic E-state index is 0.285. The van der Waals surface area contributed by atoms with Crippen molar-refractivity contribution in [3.05, 3.63) is 72.8 Å². The molecule has 0 bridgehead atoms. The first kappa shape index (κ1) is 60.2. The number of carbonyl (C=O) groups excluding carboxylic acids is 2. The van der Waals surface area contributed by atoms with E-state index >= 15 is 0 Å². The summed E-state index contributed by atoms with van der Waals surface area (Å²) < 4.78 is 18.3. The third-order valence-corrected chi connectivity index (χ3v) is 3.18. The van der Waals surface area contributed by atoms with Crippen LogP contribution in [0, 0.1) is 0 Å². The lowest BCUT2D eigenvalue weighted by Gasteiger charge is -2.07. The van der Waals surface area contributed by atoms with Crippen LogP contribution in [0.1, 0.15) is 83.1 Å². The summed E-state index contributed by atoms with van der Waals surface area (Å²) in [5, 5.41) is 0. The van der Waals surface area contributed by atoms with Gasteiger partial charge in [-0.3, -0.25) is 0 Å². The number of hydrogen-bond acceptors (Lipinski definition) is 6. The molecule has 0 N–H and O–H groups in total. The summed E-state index contributed by atoms with van der Waals surface area (Å²) in [7, 11) is 9.96. The van der Waals surface area contributed by atoms with E-state index in [0.29, 0.717) is 13.2 Å². The van der Waals surface area contributed by atoms with Gasteiger partial charge in [0.1, 0.15) is 0 Å². The van der Waals surface area contributed by atoms with Gasteiger partial charge in [-0.05, 0) is 27.7 Å². The molecule has 0 aliphatic rings. The molecule has 8 heteroatoms. The maximum absolute atomic E-state index is 10.4. The largest absolute Gasteiger partial charge is 0.450 e. The van der Waals surface area contributed by atoms with E-state index in [0.717, 1.165) is 13.2 Å². The predicted molar refractivity (Wildman–Crippen MR) is 195 cm³/mol. The average molecular weight is 631 g/mol. The van der Waals surface area contributed by atoms with Crippen LogP contribution in [0.5, 0.6) is 0 Å². The van der Waals surface area contributed by atoms with Crippen molar-refractivity contribution in [1.29, 1.82) is 0 Å². The van der Waals surface area contributed by atoms with Crippen LogP contribution in [0.3, 0.4) is 0 Å². The number of rotatable bonds is 4. The fraction of sp³-hybridized carbons (Fsp3) is 0.611. The number of hydrogen-bond donors (Lipinski definition) is 0. The molecular formula is C36H74N2O6. The van der Waals surface area contributed by atoms with Gasteiger partial charge in [0.2, 0.25) is 0 Å². The molecule has 2 rings (SSSR count). The highest BCUT2D eigenvalue weighted by Gasteiger charge is 2.00. The topological polar surface area (TPSA) is 77.5 Å². The number of carbonyl (C=O) groups is 2. The Morgan fingerprint density at radius 1 is 0.409 bits per heavy atom. The lowest BCUT2D eigenvalue weighted by molar-refractivity contribution is 0.123. The molecule has 0 aliphatic carbocycles. The summed E-state index contributed by atoms with van der Waals surface area (Å²) in [4.78, 5) is 23.7. The molecule has 0 unspecified atom stereocenters. The summed E-state index contributed by atoms with van der Waals surface area (Å²) in [6.45, 7) is 26.0. The van der Waals surface area contributed by atoms with Gasteiger partial charge in [-0.25, -0.2) is 9.59 Å². The second-order valence-electron chi connectivity index (χ2n) is 6.65. The SMILES string of the molecule is CC.CC.CC.CC.CCOC.CCOC.CCOC(=O)N(C)C.CCOC(=O)N(C)C.c1ccccc1.c1ccccc1. The van der Waals surface area contributed by atoms with Gasteiger partial charge in [0, 0.05) is 55.6 Å². The minimum atomic E-state index is -0.285. The van der Waals surface area contributed by atoms with E-state index in [-0.39, 0.29) is 12.2 Å². The summed E-state index contributed by atoms with van der Waals surface area (Å²) in [5.74, 6) is 0. The van der Waals surface area contributed by atoms with Gasteiger partial charge in [-0.1, -0.05) is 128 Å². The first-order chi connectivity index (χ1) is 21.2. The van der Waals surface area contributed by atoms with E-state index in [1.165, 1.54) is 9.80 Å². The van der Waals surface area contributed by atoms with Crippen LogP contribution in [-0.4, -0.2) is 90.8 Å². The molecule has 0 fully saturated rings. The van der Waals surface area contributed by atoms with Crippen molar-refractivity contribution in [2.45, 2.75) is 83.1 Å². The first-order valence-electron chi connectivity index (χ1n) is 15.9. The molecule has 0 atom stereocenters. The quantitative estimate of drug-likeness (QED) is 0.334. The Morgan fingerprint density at radius 2 is 0.545 bits per heavy atom. The van der Waals surface area contributed by atoms with E-state index in [2.05, 4.69) is 18.9 Å². The van der Waals surface area contributed by atoms with E-state index in [4.69, 9.17) is 0 Å². The molecule has 0 radical (unpaired) electrons. The standard InChI is InChI=1S/2C6H6.2C5H11NO2.2C3H8O.4C2H6/c2*1-2-4-6-5-3-1;2*1-4-8-5(7)6(2)3;2*1-3-4-2;4*1-2/h2*1-6H;2*4H2,1-3H3;2*3H2,1-2H3;4*1-2H3. The summed E-state index contributed by atoms with van der Waals surface area (Å²) in [6, 6.07) is 24.0. The third kappa shape index (κ3) is 90.1. The Labute approximate surface area is 275 Å². The van der Waals surface area contributed by atoms with Crippen LogP contribution in [0.4, 0.5) is 9.59 Å². The maximum Gasteiger partial charge on any atom is 0.409 e. The van der Waals surface area contributed by atoms with Crippen molar-refractivity contribution in [3.63, 3.8) is 0 Å². The van der Waals surface area contributed by atoms with Crippen LogP contribution < -0.4 is 0 Å². The van der Waals surface area contributed by atoms with Crippen LogP contribution >= 0.6 is 0 Å². The smallest absolute Gasteiger partial charge is 0.409 e. The zero-order chi connectivity index (χ0) is 36.5.